The van der Waals surface area contributed by atoms with Crippen molar-refractivity contribution in [2.75, 3.05) is 0 Å². The molecule has 4 rings (SSSR count). The number of H-pyrrole nitrogens is 1. The molecule has 128 valence electrons. The summed E-state index contributed by atoms with van der Waals surface area (Å²) in [4.78, 5) is 25.6. The lowest BCUT2D eigenvalue weighted by molar-refractivity contribution is 0.112. The maximum atomic E-state index is 11.4. The molecule has 26 heavy (non-hydrogen) atoms. The molecule has 2 aromatic heterocycles. The number of imidazole rings is 1. The molecule has 0 saturated carbocycles. The smallest absolute Gasteiger partial charge is 0.177 e. The van der Waals surface area contributed by atoms with Gasteiger partial charge < -0.3 is 4.98 Å². The van der Waals surface area contributed by atoms with E-state index in [0.29, 0.717) is 0 Å². The number of carbonyl (C=O) groups excluding carboxylic acids is 1. The summed E-state index contributed by atoms with van der Waals surface area (Å²) in [7, 11) is 0. The van der Waals surface area contributed by atoms with Crippen molar-refractivity contribution in [2.24, 2.45) is 0 Å². The maximum absolute atomic E-state index is 11.4. The zero-order valence-corrected chi connectivity index (χ0v) is 14.9. The van der Waals surface area contributed by atoms with Crippen LogP contribution in [0, 0.1) is 0 Å². The average molecular weight is 359 g/mol. The van der Waals surface area contributed by atoms with E-state index in [1.807, 2.05) is 54.6 Å². The molecule has 0 atom stereocenters. The van der Waals surface area contributed by atoms with Crippen LogP contribution >= 0.6 is 11.8 Å². The molecule has 0 aliphatic rings. The van der Waals surface area contributed by atoms with Crippen molar-refractivity contribution < 1.29 is 4.79 Å². The van der Waals surface area contributed by atoms with E-state index in [-0.39, 0.29) is 0 Å². The van der Waals surface area contributed by atoms with Gasteiger partial charge in [0.2, 0.25) is 0 Å². The normalized spacial score (nSPS) is 10.9. The van der Waals surface area contributed by atoms with Gasteiger partial charge in [-0.2, -0.15) is 0 Å². The van der Waals surface area contributed by atoms with E-state index in [1.165, 1.54) is 5.56 Å². The molecule has 0 bridgehead atoms. The van der Waals surface area contributed by atoms with Crippen molar-refractivity contribution in [3.8, 4) is 0 Å². The topological polar surface area (TPSA) is 58.6 Å². The fraction of sp³-hybridized carbons (Fsp3) is 0.0952. The predicted molar refractivity (Wildman–Crippen MR) is 104 cm³/mol. The average Bonchev–Trinajstić information content (AvgIpc) is 3.10. The fourth-order valence-electron chi connectivity index (χ4n) is 2.81. The van der Waals surface area contributed by atoms with Crippen LogP contribution in [-0.2, 0) is 12.8 Å². The van der Waals surface area contributed by atoms with Gasteiger partial charge in [0.05, 0.1) is 5.52 Å². The first-order chi connectivity index (χ1) is 12.8. The van der Waals surface area contributed by atoms with Crippen molar-refractivity contribution in [2.45, 2.75) is 22.6 Å². The number of hydrogen-bond donors (Lipinski definition) is 1. The summed E-state index contributed by atoms with van der Waals surface area (Å²) in [6.45, 7) is 0. The number of hydrogen-bond acceptors (Lipinski definition) is 4. The number of aromatic amines is 1. The van der Waals surface area contributed by atoms with Crippen molar-refractivity contribution in [1.82, 2.24) is 15.0 Å². The first kappa shape index (κ1) is 16.5. The van der Waals surface area contributed by atoms with Crippen LogP contribution in [0.4, 0.5) is 0 Å². The summed E-state index contributed by atoms with van der Waals surface area (Å²) >= 11 is 1.61. The third-order valence-electron chi connectivity index (χ3n) is 4.13. The van der Waals surface area contributed by atoms with E-state index in [1.54, 1.807) is 18.0 Å². The first-order valence-electron chi connectivity index (χ1n) is 8.42. The maximum Gasteiger partial charge on any atom is 0.177 e. The molecular weight excluding hydrogens is 342 g/mol. The third-order valence-corrected chi connectivity index (χ3v) is 5.21. The second-order valence-electron chi connectivity index (χ2n) is 5.96. The van der Waals surface area contributed by atoms with Gasteiger partial charge in [0.25, 0.3) is 0 Å². The van der Waals surface area contributed by atoms with E-state index in [0.717, 1.165) is 51.5 Å². The van der Waals surface area contributed by atoms with Gasteiger partial charge in [0.15, 0.2) is 11.9 Å². The monoisotopic (exact) mass is 359 g/mol. The van der Waals surface area contributed by atoms with Gasteiger partial charge in [-0.1, -0.05) is 42.1 Å². The van der Waals surface area contributed by atoms with E-state index in [2.05, 4.69) is 21.0 Å². The van der Waals surface area contributed by atoms with Crippen molar-refractivity contribution in [3.63, 3.8) is 0 Å². The zero-order valence-electron chi connectivity index (χ0n) is 14.1. The molecule has 0 fully saturated rings. The summed E-state index contributed by atoms with van der Waals surface area (Å²) in [6.07, 6.45) is 4.31. The molecule has 2 aromatic carbocycles. The summed E-state index contributed by atoms with van der Waals surface area (Å²) < 4.78 is 0. The van der Waals surface area contributed by atoms with Gasteiger partial charge in [0.1, 0.15) is 5.82 Å². The molecule has 4 aromatic rings. The van der Waals surface area contributed by atoms with Gasteiger partial charge in [-0.3, -0.25) is 4.79 Å². The predicted octanol–water partition coefficient (Wildman–Crippen LogP) is 4.71. The first-order valence-corrected chi connectivity index (χ1v) is 9.24. The lowest BCUT2D eigenvalue weighted by Gasteiger charge is -2.08. The highest BCUT2D eigenvalue weighted by Crippen LogP contribution is 2.30. The Morgan fingerprint density at radius 3 is 2.69 bits per heavy atom. The highest BCUT2D eigenvalue weighted by atomic mass is 32.2. The Kier molecular flexibility index (Phi) is 4.80. The molecule has 0 radical (unpaired) electrons. The van der Waals surface area contributed by atoms with E-state index < -0.39 is 0 Å². The molecule has 1 N–H and O–H groups in total. The summed E-state index contributed by atoms with van der Waals surface area (Å²) in [6, 6.07) is 20.0. The Balaban J connectivity index is 1.52. The van der Waals surface area contributed by atoms with Gasteiger partial charge in [-0.25, -0.2) is 9.97 Å². The Morgan fingerprint density at radius 2 is 1.88 bits per heavy atom. The molecule has 0 spiro atoms. The Hall–Kier alpha value is -2.92. The van der Waals surface area contributed by atoms with Crippen molar-refractivity contribution in [1.29, 1.82) is 0 Å². The molecule has 4 nitrogen and oxygen atoms in total. The van der Waals surface area contributed by atoms with Crippen LogP contribution in [0.25, 0.3) is 11.2 Å². The minimum Gasteiger partial charge on any atom is -0.341 e. The van der Waals surface area contributed by atoms with Crippen LogP contribution in [0.3, 0.4) is 0 Å². The van der Waals surface area contributed by atoms with Crippen LogP contribution in [0.1, 0.15) is 21.7 Å². The van der Waals surface area contributed by atoms with Gasteiger partial charge in [-0.15, -0.1) is 0 Å². The molecule has 2 heterocycles. The molecule has 0 unspecified atom stereocenters. The molecule has 5 heteroatoms. The molecule has 0 aliphatic heterocycles. The minimum atomic E-state index is 0.718. The van der Waals surface area contributed by atoms with Crippen LogP contribution in [0.5, 0.6) is 0 Å². The standard InChI is InChI=1S/C21H17N3OS/c25-14-16-10-8-15(13-19(16)26-17-5-2-1-3-6-17)9-11-20-23-18-7-4-12-22-21(18)24-20/h1-8,10,12-14H,9,11H2,(H,22,23,24). The number of benzene rings is 2. The number of aryl methyl sites for hydroxylation is 2. The summed E-state index contributed by atoms with van der Waals surface area (Å²) in [5.41, 5.74) is 3.61. The Bertz CT molecular complexity index is 1010. The number of aromatic nitrogens is 3. The van der Waals surface area contributed by atoms with E-state index in [9.17, 15) is 4.79 Å². The van der Waals surface area contributed by atoms with E-state index in [4.69, 9.17) is 0 Å². The number of pyridine rings is 1. The highest BCUT2D eigenvalue weighted by molar-refractivity contribution is 7.99. The largest absolute Gasteiger partial charge is 0.341 e. The molecule has 0 amide bonds. The number of nitrogens with zero attached hydrogens (tertiary/aromatic N) is 2. The SMILES string of the molecule is O=Cc1ccc(CCc2nc3ncccc3[nH]2)cc1Sc1ccccc1. The molecule has 0 saturated heterocycles. The Morgan fingerprint density at radius 1 is 1.00 bits per heavy atom. The number of rotatable bonds is 6. The lowest BCUT2D eigenvalue weighted by Crippen LogP contribution is -1.95. The summed E-state index contributed by atoms with van der Waals surface area (Å²) in [5, 5.41) is 0. The van der Waals surface area contributed by atoms with Crippen LogP contribution in [0.2, 0.25) is 0 Å². The van der Waals surface area contributed by atoms with Crippen molar-refractivity contribution >= 4 is 29.2 Å². The van der Waals surface area contributed by atoms with Crippen molar-refractivity contribution in [3.05, 3.63) is 83.8 Å². The fourth-order valence-corrected chi connectivity index (χ4v) is 3.80. The van der Waals surface area contributed by atoms with Crippen LogP contribution in [-0.4, -0.2) is 21.2 Å². The van der Waals surface area contributed by atoms with Gasteiger partial charge in [0, 0.05) is 28.0 Å². The quantitative estimate of drug-likeness (QED) is 0.507. The minimum absolute atomic E-state index is 0.718. The number of nitrogens with one attached hydrogen (secondary N) is 1. The molecule has 0 aliphatic carbocycles. The Labute approximate surface area is 155 Å². The van der Waals surface area contributed by atoms with Crippen LogP contribution in [0.15, 0.2) is 76.7 Å². The lowest BCUT2D eigenvalue weighted by atomic mass is 10.1. The summed E-state index contributed by atoms with van der Waals surface area (Å²) in [5.74, 6) is 0.926. The second-order valence-corrected chi connectivity index (χ2v) is 7.08. The van der Waals surface area contributed by atoms with E-state index >= 15 is 0 Å². The second kappa shape index (κ2) is 7.54. The third kappa shape index (κ3) is 3.68. The molecular formula is C21H17N3OS. The number of carbonyl (C=O) groups is 1. The van der Waals surface area contributed by atoms with Gasteiger partial charge in [-0.05, 0) is 42.3 Å². The zero-order chi connectivity index (χ0) is 17.8. The number of fused-ring (bicyclic) bond motifs is 1. The number of aldehydes is 1. The van der Waals surface area contributed by atoms with Crippen LogP contribution < -0.4 is 0 Å². The highest BCUT2D eigenvalue weighted by Gasteiger charge is 2.08. The van der Waals surface area contributed by atoms with Gasteiger partial charge >= 0.3 is 0 Å².